The summed E-state index contributed by atoms with van der Waals surface area (Å²) in [5.41, 5.74) is 1.23. The second-order valence-electron chi connectivity index (χ2n) is 4.19. The van der Waals surface area contributed by atoms with Crippen LogP contribution in [0.2, 0.25) is 0 Å². The van der Waals surface area contributed by atoms with E-state index in [0.29, 0.717) is 6.10 Å². The van der Waals surface area contributed by atoms with Gasteiger partial charge in [0.15, 0.2) is 0 Å². The van der Waals surface area contributed by atoms with Gasteiger partial charge in [0, 0.05) is 17.6 Å². The Labute approximate surface area is 111 Å². The van der Waals surface area contributed by atoms with Crippen LogP contribution in [0.5, 0.6) is 5.75 Å². The number of ether oxygens (including phenoxy) is 2. The quantitative estimate of drug-likeness (QED) is 0.926. The van der Waals surface area contributed by atoms with Gasteiger partial charge in [-0.25, -0.2) is 0 Å². The van der Waals surface area contributed by atoms with Gasteiger partial charge >= 0.3 is 0 Å². The van der Waals surface area contributed by atoms with Crippen LogP contribution in [0.1, 0.15) is 12.0 Å². The molecular formula is C13H18BrNO2. The predicted molar refractivity (Wildman–Crippen MR) is 71.6 cm³/mol. The normalized spacial score (nSPS) is 20.2. The second kappa shape index (κ2) is 6.38. The van der Waals surface area contributed by atoms with Crippen molar-refractivity contribution in [1.82, 2.24) is 5.32 Å². The van der Waals surface area contributed by atoms with E-state index in [9.17, 15) is 0 Å². The third-order valence-electron chi connectivity index (χ3n) is 2.98. The van der Waals surface area contributed by atoms with Gasteiger partial charge in [-0.15, -0.1) is 0 Å². The molecule has 0 aromatic heterocycles. The average molecular weight is 300 g/mol. The molecule has 1 unspecified atom stereocenters. The standard InChI is InChI=1S/C13H18BrNO2/c1-16-13-5-3-11(14)8-10(13)2-4-12-9-15-6-7-17-12/h3,5,8,12,15H,2,4,6-7,9H2,1H3. The highest BCUT2D eigenvalue weighted by Gasteiger charge is 2.14. The lowest BCUT2D eigenvalue weighted by molar-refractivity contribution is 0.0238. The van der Waals surface area contributed by atoms with Crippen LogP contribution in [0.3, 0.4) is 0 Å². The number of nitrogens with one attached hydrogen (secondary N) is 1. The van der Waals surface area contributed by atoms with E-state index in [4.69, 9.17) is 9.47 Å². The van der Waals surface area contributed by atoms with Gasteiger partial charge in [0.25, 0.3) is 0 Å². The van der Waals surface area contributed by atoms with E-state index < -0.39 is 0 Å². The fourth-order valence-electron chi connectivity index (χ4n) is 2.06. The summed E-state index contributed by atoms with van der Waals surface area (Å²) >= 11 is 3.49. The van der Waals surface area contributed by atoms with Crippen molar-refractivity contribution in [2.75, 3.05) is 26.8 Å². The third kappa shape index (κ3) is 3.69. The van der Waals surface area contributed by atoms with Gasteiger partial charge in [0.1, 0.15) is 5.75 Å². The Kier molecular flexibility index (Phi) is 4.83. The van der Waals surface area contributed by atoms with Crippen molar-refractivity contribution in [3.63, 3.8) is 0 Å². The van der Waals surface area contributed by atoms with Crippen LogP contribution >= 0.6 is 15.9 Å². The Balaban J connectivity index is 1.95. The highest BCUT2D eigenvalue weighted by atomic mass is 79.9. The first kappa shape index (κ1) is 12.9. The van der Waals surface area contributed by atoms with E-state index in [-0.39, 0.29) is 0 Å². The fraction of sp³-hybridized carbons (Fsp3) is 0.538. The van der Waals surface area contributed by atoms with Crippen molar-refractivity contribution in [3.05, 3.63) is 28.2 Å². The van der Waals surface area contributed by atoms with Crippen LogP contribution in [-0.2, 0) is 11.2 Å². The molecule has 0 bridgehead atoms. The van der Waals surface area contributed by atoms with E-state index >= 15 is 0 Å². The van der Waals surface area contributed by atoms with Crippen molar-refractivity contribution in [1.29, 1.82) is 0 Å². The summed E-state index contributed by atoms with van der Waals surface area (Å²) in [6.45, 7) is 2.74. The molecule has 2 rings (SSSR count). The number of benzene rings is 1. The predicted octanol–water partition coefficient (Wildman–Crippen LogP) is 2.38. The maximum absolute atomic E-state index is 5.69. The van der Waals surface area contributed by atoms with Gasteiger partial charge in [-0.05, 0) is 36.6 Å². The number of methoxy groups -OCH3 is 1. The summed E-state index contributed by atoms with van der Waals surface area (Å²) in [5.74, 6) is 0.956. The molecule has 1 aromatic rings. The first-order valence-corrected chi connectivity index (χ1v) is 6.73. The number of halogens is 1. The van der Waals surface area contributed by atoms with E-state index in [1.54, 1.807) is 7.11 Å². The van der Waals surface area contributed by atoms with Gasteiger partial charge < -0.3 is 14.8 Å². The summed E-state index contributed by atoms with van der Waals surface area (Å²) in [7, 11) is 1.71. The monoisotopic (exact) mass is 299 g/mol. The first-order chi connectivity index (χ1) is 8.29. The first-order valence-electron chi connectivity index (χ1n) is 5.94. The zero-order chi connectivity index (χ0) is 12.1. The number of morpholine rings is 1. The van der Waals surface area contributed by atoms with Crippen molar-refractivity contribution in [2.45, 2.75) is 18.9 Å². The Morgan fingerprint density at radius 2 is 2.41 bits per heavy atom. The Morgan fingerprint density at radius 1 is 1.53 bits per heavy atom. The summed E-state index contributed by atoms with van der Waals surface area (Å²) < 4.78 is 12.1. The minimum atomic E-state index is 0.326. The average Bonchev–Trinajstić information content (AvgIpc) is 2.38. The van der Waals surface area contributed by atoms with Gasteiger partial charge in [0.05, 0.1) is 19.8 Å². The molecule has 4 heteroatoms. The molecule has 1 saturated heterocycles. The SMILES string of the molecule is COc1ccc(Br)cc1CCC1CNCCO1. The second-order valence-corrected chi connectivity index (χ2v) is 5.11. The maximum Gasteiger partial charge on any atom is 0.122 e. The zero-order valence-corrected chi connectivity index (χ0v) is 11.6. The van der Waals surface area contributed by atoms with E-state index in [0.717, 1.165) is 42.8 Å². The van der Waals surface area contributed by atoms with Crippen molar-refractivity contribution in [3.8, 4) is 5.75 Å². The zero-order valence-electron chi connectivity index (χ0n) is 10.0. The third-order valence-corrected chi connectivity index (χ3v) is 3.48. The molecule has 1 heterocycles. The molecule has 3 nitrogen and oxygen atoms in total. The summed E-state index contributed by atoms with van der Waals surface area (Å²) in [5, 5.41) is 3.35. The number of hydrogen-bond acceptors (Lipinski definition) is 3. The Hall–Kier alpha value is -0.580. The number of hydrogen-bond donors (Lipinski definition) is 1. The highest BCUT2D eigenvalue weighted by Crippen LogP contribution is 2.24. The minimum Gasteiger partial charge on any atom is -0.496 e. The molecule has 1 N–H and O–H groups in total. The molecule has 1 aliphatic rings. The van der Waals surface area contributed by atoms with E-state index in [2.05, 4.69) is 27.3 Å². The maximum atomic E-state index is 5.69. The van der Waals surface area contributed by atoms with Gasteiger partial charge in [-0.2, -0.15) is 0 Å². The minimum absolute atomic E-state index is 0.326. The molecule has 1 atom stereocenters. The molecule has 0 saturated carbocycles. The lowest BCUT2D eigenvalue weighted by Gasteiger charge is -2.23. The van der Waals surface area contributed by atoms with Crippen molar-refractivity contribution < 1.29 is 9.47 Å². The van der Waals surface area contributed by atoms with Crippen LogP contribution in [0.25, 0.3) is 0 Å². The number of aryl methyl sites for hydroxylation is 1. The Morgan fingerprint density at radius 3 is 3.12 bits per heavy atom. The van der Waals surface area contributed by atoms with E-state index in [1.807, 2.05) is 12.1 Å². The lowest BCUT2D eigenvalue weighted by Crippen LogP contribution is -2.38. The van der Waals surface area contributed by atoms with Gasteiger partial charge in [0.2, 0.25) is 0 Å². The van der Waals surface area contributed by atoms with Crippen LogP contribution < -0.4 is 10.1 Å². The highest BCUT2D eigenvalue weighted by molar-refractivity contribution is 9.10. The summed E-state index contributed by atoms with van der Waals surface area (Å²) in [4.78, 5) is 0. The van der Waals surface area contributed by atoms with Crippen LogP contribution in [0.15, 0.2) is 22.7 Å². The number of rotatable bonds is 4. The van der Waals surface area contributed by atoms with Crippen molar-refractivity contribution >= 4 is 15.9 Å². The molecule has 0 aliphatic carbocycles. The molecule has 94 valence electrons. The lowest BCUT2D eigenvalue weighted by atomic mass is 10.1. The Bertz CT molecular complexity index is 364. The van der Waals surface area contributed by atoms with Crippen LogP contribution in [0.4, 0.5) is 0 Å². The van der Waals surface area contributed by atoms with E-state index in [1.165, 1.54) is 5.56 Å². The largest absolute Gasteiger partial charge is 0.496 e. The molecule has 17 heavy (non-hydrogen) atoms. The fourth-order valence-corrected chi connectivity index (χ4v) is 2.47. The van der Waals surface area contributed by atoms with Gasteiger partial charge in [-0.1, -0.05) is 15.9 Å². The van der Waals surface area contributed by atoms with Crippen molar-refractivity contribution in [2.24, 2.45) is 0 Å². The topological polar surface area (TPSA) is 30.5 Å². The van der Waals surface area contributed by atoms with Gasteiger partial charge in [-0.3, -0.25) is 0 Å². The molecule has 0 radical (unpaired) electrons. The molecule has 0 amide bonds. The smallest absolute Gasteiger partial charge is 0.122 e. The molecule has 1 fully saturated rings. The molecule has 1 aromatic carbocycles. The summed E-state index contributed by atoms with van der Waals surface area (Å²) in [6, 6.07) is 6.12. The van der Waals surface area contributed by atoms with Crippen LogP contribution in [-0.4, -0.2) is 32.9 Å². The molecular weight excluding hydrogens is 282 g/mol. The summed E-state index contributed by atoms with van der Waals surface area (Å²) in [6.07, 6.45) is 2.34. The molecule has 1 aliphatic heterocycles. The van der Waals surface area contributed by atoms with Crippen LogP contribution in [0, 0.1) is 0 Å². The molecule has 0 spiro atoms.